The molecule has 2 amide bonds. The monoisotopic (exact) mass is 262 g/mol. The van der Waals surface area contributed by atoms with Gasteiger partial charge in [-0.25, -0.2) is 0 Å². The summed E-state index contributed by atoms with van der Waals surface area (Å²) >= 11 is 0. The number of nitrogens with two attached hydrogens (primary N) is 1. The van der Waals surface area contributed by atoms with Crippen molar-refractivity contribution in [2.45, 2.75) is 26.9 Å². The van der Waals surface area contributed by atoms with Gasteiger partial charge in [0, 0.05) is 5.41 Å². The maximum atomic E-state index is 12.5. The molecule has 2 rings (SSSR count). The summed E-state index contributed by atoms with van der Waals surface area (Å²) in [6.45, 7) is 5.68. The molecule has 2 N–H and O–H groups in total. The number of fused-ring (bicyclic) bond motifs is 1. The van der Waals surface area contributed by atoms with Gasteiger partial charge in [0.05, 0.1) is 12.2 Å². The van der Waals surface area contributed by atoms with Crippen LogP contribution in [0.15, 0.2) is 24.3 Å². The summed E-state index contributed by atoms with van der Waals surface area (Å²) in [6.07, 6.45) is -0.804. The van der Waals surface area contributed by atoms with E-state index in [1.807, 2.05) is 26.8 Å². The van der Waals surface area contributed by atoms with Gasteiger partial charge in [-0.2, -0.15) is 0 Å². The fourth-order valence-corrected chi connectivity index (χ4v) is 1.98. The molecular weight excluding hydrogens is 244 g/mol. The minimum atomic E-state index is -0.804. The fourth-order valence-electron chi connectivity index (χ4n) is 1.98. The average molecular weight is 262 g/mol. The third-order valence-corrected chi connectivity index (χ3v) is 2.98. The van der Waals surface area contributed by atoms with Gasteiger partial charge in [-0.05, 0) is 12.1 Å². The molecule has 0 saturated heterocycles. The lowest BCUT2D eigenvalue weighted by Crippen LogP contribution is -2.51. The zero-order chi connectivity index (χ0) is 14.2. The molecule has 0 saturated carbocycles. The number of primary amides is 1. The van der Waals surface area contributed by atoms with Crippen molar-refractivity contribution in [2.24, 2.45) is 11.1 Å². The van der Waals surface area contributed by atoms with Crippen molar-refractivity contribution >= 4 is 17.5 Å². The third kappa shape index (κ3) is 2.54. The fraction of sp³-hybridized carbons (Fsp3) is 0.429. The Morgan fingerprint density at radius 2 is 1.95 bits per heavy atom. The molecule has 1 aliphatic rings. The second-order valence-electron chi connectivity index (χ2n) is 5.64. The van der Waals surface area contributed by atoms with Crippen LogP contribution in [-0.2, 0) is 9.59 Å². The summed E-state index contributed by atoms with van der Waals surface area (Å²) in [5.74, 6) is -0.120. The lowest BCUT2D eigenvalue weighted by atomic mass is 9.93. The Balaban J connectivity index is 2.42. The van der Waals surface area contributed by atoms with Crippen LogP contribution >= 0.6 is 0 Å². The zero-order valence-electron chi connectivity index (χ0n) is 11.3. The molecule has 1 aromatic rings. The van der Waals surface area contributed by atoms with Crippen LogP contribution in [0, 0.1) is 5.41 Å². The number of carbonyl (C=O) groups excluding carboxylic acids is 2. The van der Waals surface area contributed by atoms with Crippen LogP contribution in [0.4, 0.5) is 5.69 Å². The number of benzene rings is 1. The Hall–Kier alpha value is -2.04. The van der Waals surface area contributed by atoms with E-state index in [1.54, 1.807) is 23.1 Å². The minimum Gasteiger partial charge on any atom is -0.477 e. The van der Waals surface area contributed by atoms with E-state index in [0.717, 1.165) is 0 Å². The Morgan fingerprint density at radius 1 is 1.32 bits per heavy atom. The quantitative estimate of drug-likeness (QED) is 0.829. The predicted molar refractivity (Wildman–Crippen MR) is 71.9 cm³/mol. The van der Waals surface area contributed by atoms with Gasteiger partial charge in [0.15, 0.2) is 6.10 Å². The van der Waals surface area contributed by atoms with E-state index >= 15 is 0 Å². The number of para-hydroxylation sites is 2. The Labute approximate surface area is 112 Å². The largest absolute Gasteiger partial charge is 0.477 e. The van der Waals surface area contributed by atoms with E-state index in [0.29, 0.717) is 11.4 Å². The third-order valence-electron chi connectivity index (χ3n) is 2.98. The van der Waals surface area contributed by atoms with Gasteiger partial charge in [0.2, 0.25) is 5.91 Å². The molecule has 0 fully saturated rings. The summed E-state index contributed by atoms with van der Waals surface area (Å²) in [6, 6.07) is 7.15. The molecule has 1 aromatic carbocycles. The molecule has 5 heteroatoms. The molecule has 19 heavy (non-hydrogen) atoms. The van der Waals surface area contributed by atoms with Gasteiger partial charge in [-0.15, -0.1) is 0 Å². The van der Waals surface area contributed by atoms with Crippen molar-refractivity contribution in [3.05, 3.63) is 24.3 Å². The van der Waals surface area contributed by atoms with Crippen molar-refractivity contribution in [3.8, 4) is 5.75 Å². The predicted octanol–water partition coefficient (Wildman–Crippen LogP) is 1.31. The number of carbonyl (C=O) groups is 2. The highest BCUT2D eigenvalue weighted by Crippen LogP contribution is 2.35. The van der Waals surface area contributed by atoms with Gasteiger partial charge in [-0.3, -0.25) is 9.59 Å². The summed E-state index contributed by atoms with van der Waals surface area (Å²) in [4.78, 5) is 25.4. The maximum absolute atomic E-state index is 12.5. The maximum Gasteiger partial charge on any atom is 0.260 e. The first-order valence-electron chi connectivity index (χ1n) is 6.17. The van der Waals surface area contributed by atoms with Crippen LogP contribution < -0.4 is 15.4 Å². The van der Waals surface area contributed by atoms with Crippen LogP contribution in [0.1, 0.15) is 20.8 Å². The van der Waals surface area contributed by atoms with Gasteiger partial charge >= 0.3 is 0 Å². The molecule has 5 nitrogen and oxygen atoms in total. The Kier molecular flexibility index (Phi) is 3.22. The summed E-state index contributed by atoms with van der Waals surface area (Å²) in [5, 5.41) is 0. The molecule has 102 valence electrons. The van der Waals surface area contributed by atoms with Gasteiger partial charge < -0.3 is 15.4 Å². The highest BCUT2D eigenvalue weighted by atomic mass is 16.5. The lowest BCUT2D eigenvalue weighted by Gasteiger charge is -2.36. The number of hydrogen-bond acceptors (Lipinski definition) is 3. The standard InChI is InChI=1S/C14H18N2O3/c1-14(2,3)13(18)16-8-11(12(15)17)19-10-7-5-4-6-9(10)16/h4-7,11H,8H2,1-3H3,(H2,15,17)/t11-/m0/s1. The van der Waals surface area contributed by atoms with E-state index in [4.69, 9.17) is 10.5 Å². The van der Waals surface area contributed by atoms with E-state index in [1.165, 1.54) is 0 Å². The highest BCUT2D eigenvalue weighted by molar-refractivity contribution is 5.99. The van der Waals surface area contributed by atoms with E-state index in [-0.39, 0.29) is 12.5 Å². The van der Waals surface area contributed by atoms with Crippen molar-refractivity contribution in [3.63, 3.8) is 0 Å². The Morgan fingerprint density at radius 3 is 2.53 bits per heavy atom. The Bertz CT molecular complexity index is 520. The number of ether oxygens (including phenoxy) is 1. The SMILES string of the molecule is CC(C)(C)C(=O)N1C[C@@H](C(N)=O)Oc2ccccc21. The second-order valence-corrected chi connectivity index (χ2v) is 5.64. The van der Waals surface area contributed by atoms with Crippen molar-refractivity contribution < 1.29 is 14.3 Å². The van der Waals surface area contributed by atoms with E-state index in [2.05, 4.69) is 0 Å². The van der Waals surface area contributed by atoms with Gasteiger partial charge in [-0.1, -0.05) is 32.9 Å². The molecule has 0 spiro atoms. The van der Waals surface area contributed by atoms with Crippen LogP contribution in [0.3, 0.4) is 0 Å². The number of anilines is 1. The summed E-state index contributed by atoms with van der Waals surface area (Å²) in [5.41, 5.74) is 5.44. The molecule has 1 heterocycles. The summed E-state index contributed by atoms with van der Waals surface area (Å²) < 4.78 is 5.52. The molecule has 0 unspecified atom stereocenters. The van der Waals surface area contributed by atoms with Crippen molar-refractivity contribution in [2.75, 3.05) is 11.4 Å². The van der Waals surface area contributed by atoms with Crippen molar-refractivity contribution in [1.82, 2.24) is 0 Å². The molecular formula is C14H18N2O3. The van der Waals surface area contributed by atoms with Gasteiger partial charge in [0.25, 0.3) is 5.91 Å². The van der Waals surface area contributed by atoms with Gasteiger partial charge in [0.1, 0.15) is 5.75 Å². The molecule has 0 aromatic heterocycles. The first-order valence-corrected chi connectivity index (χ1v) is 6.17. The topological polar surface area (TPSA) is 72.6 Å². The summed E-state index contributed by atoms with van der Waals surface area (Å²) in [7, 11) is 0. The highest BCUT2D eigenvalue weighted by Gasteiger charge is 2.36. The number of amides is 2. The molecule has 0 radical (unpaired) electrons. The van der Waals surface area contributed by atoms with Crippen LogP contribution in [0.5, 0.6) is 5.75 Å². The first kappa shape index (κ1) is 13.4. The van der Waals surface area contributed by atoms with Crippen LogP contribution in [-0.4, -0.2) is 24.5 Å². The first-order chi connectivity index (χ1) is 8.80. The minimum absolute atomic E-state index is 0.0606. The zero-order valence-corrected chi connectivity index (χ0v) is 11.3. The van der Waals surface area contributed by atoms with E-state index < -0.39 is 17.4 Å². The smallest absolute Gasteiger partial charge is 0.260 e. The molecule has 1 atom stereocenters. The molecule has 0 bridgehead atoms. The van der Waals surface area contributed by atoms with Crippen LogP contribution in [0.2, 0.25) is 0 Å². The lowest BCUT2D eigenvalue weighted by molar-refractivity contribution is -0.128. The number of nitrogens with zero attached hydrogens (tertiary/aromatic N) is 1. The molecule has 1 aliphatic heterocycles. The normalized spacial score (nSPS) is 18.5. The van der Waals surface area contributed by atoms with Crippen LogP contribution in [0.25, 0.3) is 0 Å². The van der Waals surface area contributed by atoms with E-state index in [9.17, 15) is 9.59 Å². The average Bonchev–Trinajstić information content (AvgIpc) is 2.35. The number of rotatable bonds is 1. The molecule has 0 aliphatic carbocycles. The second kappa shape index (κ2) is 4.57. The number of hydrogen-bond donors (Lipinski definition) is 1. The van der Waals surface area contributed by atoms with Crippen molar-refractivity contribution in [1.29, 1.82) is 0 Å².